The Morgan fingerprint density at radius 3 is 2.42 bits per heavy atom. The molecule has 160 valence electrons. The second-order valence-corrected chi connectivity index (χ2v) is 7.96. The summed E-state index contributed by atoms with van der Waals surface area (Å²) in [4.78, 5) is 26.0. The number of carbonyl (C=O) groups excluding carboxylic acids is 2. The van der Waals surface area contributed by atoms with Crippen LogP contribution in [0, 0.1) is 12.8 Å². The Bertz CT molecular complexity index is 1040. The number of hydrogen-bond donors (Lipinski definition) is 2. The minimum Gasteiger partial charge on any atom is -0.465 e. The molecule has 3 aromatic rings. The fourth-order valence-electron chi connectivity index (χ4n) is 3.33. The Hall–Kier alpha value is -3.60. The topological polar surface area (TPSA) is 71.3 Å². The maximum atomic E-state index is 13.2. The maximum absolute atomic E-state index is 13.2. The molecule has 0 spiro atoms. The van der Waals surface area contributed by atoms with E-state index in [0.29, 0.717) is 17.2 Å². The van der Waals surface area contributed by atoms with Gasteiger partial charge in [-0.25, -0.2) is 0 Å². The Labute approximate surface area is 183 Å². The van der Waals surface area contributed by atoms with Crippen molar-refractivity contribution in [2.75, 3.05) is 0 Å². The summed E-state index contributed by atoms with van der Waals surface area (Å²) < 4.78 is 5.37. The van der Waals surface area contributed by atoms with E-state index in [1.54, 1.807) is 30.3 Å². The molecular weight excluding hydrogens is 388 g/mol. The molecule has 1 aromatic heterocycles. The van der Waals surface area contributed by atoms with Crippen LogP contribution in [0.25, 0.3) is 6.08 Å². The van der Waals surface area contributed by atoms with Gasteiger partial charge in [0.2, 0.25) is 0 Å². The van der Waals surface area contributed by atoms with Crippen LogP contribution in [0.4, 0.5) is 0 Å². The molecule has 0 radical (unpaired) electrons. The van der Waals surface area contributed by atoms with Gasteiger partial charge in [0.15, 0.2) is 0 Å². The molecule has 0 fully saturated rings. The van der Waals surface area contributed by atoms with E-state index < -0.39 is 0 Å². The van der Waals surface area contributed by atoms with Crippen LogP contribution in [0.2, 0.25) is 0 Å². The Morgan fingerprint density at radius 2 is 1.77 bits per heavy atom. The summed E-state index contributed by atoms with van der Waals surface area (Å²) in [6.07, 6.45) is 3.84. The van der Waals surface area contributed by atoms with Gasteiger partial charge < -0.3 is 15.1 Å². The molecular formula is C26H28N2O3. The molecule has 31 heavy (non-hydrogen) atoms. The van der Waals surface area contributed by atoms with E-state index in [1.807, 2.05) is 49.4 Å². The summed E-state index contributed by atoms with van der Waals surface area (Å²) in [5.41, 5.74) is 2.60. The third kappa shape index (κ3) is 6.44. The summed E-state index contributed by atoms with van der Waals surface area (Å²) in [5.74, 6) is 0.142. The third-order valence-corrected chi connectivity index (χ3v) is 4.82. The summed E-state index contributed by atoms with van der Waals surface area (Å²) in [6, 6.07) is 20.4. The number of amides is 2. The lowest BCUT2D eigenvalue weighted by atomic mass is 9.97. The van der Waals surface area contributed by atoms with E-state index in [9.17, 15) is 9.59 Å². The highest BCUT2D eigenvalue weighted by atomic mass is 16.3. The lowest BCUT2D eigenvalue weighted by molar-refractivity contribution is -0.118. The van der Waals surface area contributed by atoms with Crippen LogP contribution in [0.1, 0.15) is 53.6 Å². The first-order valence-electron chi connectivity index (χ1n) is 10.4. The van der Waals surface area contributed by atoms with Crippen molar-refractivity contribution in [3.05, 3.63) is 101 Å². The van der Waals surface area contributed by atoms with Gasteiger partial charge in [-0.3, -0.25) is 9.59 Å². The molecule has 2 aromatic carbocycles. The molecule has 0 aliphatic rings. The van der Waals surface area contributed by atoms with Crippen LogP contribution in [0.3, 0.4) is 0 Å². The number of furan rings is 1. The summed E-state index contributed by atoms with van der Waals surface area (Å²) in [6.45, 7) is 6.14. The number of carbonyl (C=O) groups is 2. The van der Waals surface area contributed by atoms with E-state index in [2.05, 4.69) is 24.5 Å². The predicted octanol–water partition coefficient (Wildman–Crippen LogP) is 5.26. The van der Waals surface area contributed by atoms with E-state index in [4.69, 9.17) is 4.42 Å². The number of hydrogen-bond acceptors (Lipinski definition) is 3. The fourth-order valence-corrected chi connectivity index (χ4v) is 3.33. The lowest BCUT2D eigenvalue weighted by Crippen LogP contribution is -2.37. The maximum Gasteiger partial charge on any atom is 0.268 e. The molecule has 0 aliphatic carbocycles. The Balaban J connectivity index is 1.86. The minimum atomic E-state index is -0.369. The molecule has 2 N–H and O–H groups in total. The molecule has 3 rings (SSSR count). The van der Waals surface area contributed by atoms with Crippen molar-refractivity contribution in [2.45, 2.75) is 33.2 Å². The molecule has 5 heteroatoms. The molecule has 0 saturated carbocycles. The minimum absolute atomic E-state index is 0.131. The molecule has 1 heterocycles. The zero-order chi connectivity index (χ0) is 22.2. The molecule has 0 unspecified atom stereocenters. The second-order valence-electron chi connectivity index (χ2n) is 7.96. The largest absolute Gasteiger partial charge is 0.465 e. The summed E-state index contributed by atoms with van der Waals surface area (Å²) in [7, 11) is 0. The highest BCUT2D eigenvalue weighted by Gasteiger charge is 2.21. The van der Waals surface area contributed by atoms with Gasteiger partial charge in [-0.05, 0) is 49.1 Å². The van der Waals surface area contributed by atoms with Gasteiger partial charge in [-0.1, -0.05) is 61.9 Å². The highest BCUT2D eigenvalue weighted by molar-refractivity contribution is 6.05. The summed E-state index contributed by atoms with van der Waals surface area (Å²) >= 11 is 0. The van der Waals surface area contributed by atoms with E-state index in [0.717, 1.165) is 17.5 Å². The number of rotatable bonds is 8. The van der Waals surface area contributed by atoms with Crippen LogP contribution in [0.15, 0.2) is 83.1 Å². The van der Waals surface area contributed by atoms with Crippen molar-refractivity contribution in [3.8, 4) is 0 Å². The standard InChI is InChI=1S/C26H28N2O3/c1-18(2)15-23(20-10-5-4-6-11-20)27-26(30)24(17-22-13-8-14-31-22)28-25(29)21-12-7-9-19(3)16-21/h4-14,16-18,23H,15H2,1-3H3,(H,27,30)(H,28,29)/b24-17-/t23-/m0/s1. The fraction of sp³-hybridized carbons (Fsp3) is 0.231. The first-order chi connectivity index (χ1) is 14.9. The molecule has 0 saturated heterocycles. The van der Waals surface area contributed by atoms with Crippen LogP contribution >= 0.6 is 0 Å². The van der Waals surface area contributed by atoms with Crippen LogP contribution in [0.5, 0.6) is 0 Å². The zero-order valence-corrected chi connectivity index (χ0v) is 18.1. The Kier molecular flexibility index (Phi) is 7.44. The predicted molar refractivity (Wildman–Crippen MR) is 122 cm³/mol. The molecule has 0 aliphatic heterocycles. The normalized spacial score (nSPS) is 12.5. The zero-order valence-electron chi connectivity index (χ0n) is 18.1. The Morgan fingerprint density at radius 1 is 1.00 bits per heavy atom. The molecule has 1 atom stereocenters. The van der Waals surface area contributed by atoms with Crippen LogP contribution < -0.4 is 10.6 Å². The number of benzene rings is 2. The van der Waals surface area contributed by atoms with E-state index >= 15 is 0 Å². The van der Waals surface area contributed by atoms with Gasteiger partial charge in [0.05, 0.1) is 12.3 Å². The van der Waals surface area contributed by atoms with Crippen molar-refractivity contribution in [2.24, 2.45) is 5.92 Å². The van der Waals surface area contributed by atoms with Gasteiger partial charge in [0.25, 0.3) is 11.8 Å². The monoisotopic (exact) mass is 416 g/mol. The molecule has 2 amide bonds. The lowest BCUT2D eigenvalue weighted by Gasteiger charge is -2.22. The average Bonchev–Trinajstić information content (AvgIpc) is 3.26. The SMILES string of the molecule is Cc1cccc(C(=O)N/C(=C\c2ccco2)C(=O)N[C@@H](CC(C)C)c2ccccc2)c1. The second kappa shape index (κ2) is 10.4. The first kappa shape index (κ1) is 22.1. The van der Waals surface area contributed by atoms with Gasteiger partial charge in [0.1, 0.15) is 11.5 Å². The quantitative estimate of drug-likeness (QED) is 0.492. The third-order valence-electron chi connectivity index (χ3n) is 4.82. The van der Waals surface area contributed by atoms with E-state index in [1.165, 1.54) is 6.26 Å². The smallest absolute Gasteiger partial charge is 0.268 e. The van der Waals surface area contributed by atoms with Crippen LogP contribution in [-0.2, 0) is 4.79 Å². The molecule has 5 nitrogen and oxygen atoms in total. The van der Waals surface area contributed by atoms with Crippen molar-refractivity contribution < 1.29 is 14.0 Å². The van der Waals surface area contributed by atoms with Gasteiger partial charge in [-0.15, -0.1) is 0 Å². The van der Waals surface area contributed by atoms with Crippen molar-refractivity contribution in [3.63, 3.8) is 0 Å². The van der Waals surface area contributed by atoms with Crippen molar-refractivity contribution in [1.29, 1.82) is 0 Å². The number of nitrogens with one attached hydrogen (secondary N) is 2. The van der Waals surface area contributed by atoms with Gasteiger partial charge in [-0.2, -0.15) is 0 Å². The van der Waals surface area contributed by atoms with Gasteiger partial charge >= 0.3 is 0 Å². The van der Waals surface area contributed by atoms with Crippen LogP contribution in [-0.4, -0.2) is 11.8 Å². The molecule has 0 bridgehead atoms. The summed E-state index contributed by atoms with van der Waals surface area (Å²) in [5, 5.41) is 5.84. The van der Waals surface area contributed by atoms with E-state index in [-0.39, 0.29) is 23.6 Å². The average molecular weight is 417 g/mol. The number of aryl methyl sites for hydroxylation is 1. The first-order valence-corrected chi connectivity index (χ1v) is 10.4. The van der Waals surface area contributed by atoms with Gasteiger partial charge in [0, 0.05) is 11.6 Å². The van der Waals surface area contributed by atoms with Crippen molar-refractivity contribution in [1.82, 2.24) is 10.6 Å². The van der Waals surface area contributed by atoms with Crippen molar-refractivity contribution >= 4 is 17.9 Å². The highest BCUT2D eigenvalue weighted by Crippen LogP contribution is 2.22.